The minimum Gasteiger partial charge on any atom is -0.493 e. The maximum Gasteiger partial charge on any atom is 0.122 e. The fraction of sp³-hybridized carbons (Fsp3) is 0.529. The Morgan fingerprint density at radius 3 is 3.05 bits per heavy atom. The summed E-state index contributed by atoms with van der Waals surface area (Å²) in [7, 11) is 0. The molecule has 0 amide bonds. The van der Waals surface area contributed by atoms with Crippen molar-refractivity contribution in [1.29, 1.82) is 0 Å². The Balaban J connectivity index is 2.12. The molecular formula is C17H25NO. The van der Waals surface area contributed by atoms with Gasteiger partial charge in [-0.05, 0) is 49.9 Å². The van der Waals surface area contributed by atoms with Crippen LogP contribution in [0.3, 0.4) is 0 Å². The predicted octanol–water partition coefficient (Wildman–Crippen LogP) is 4.02. The summed E-state index contributed by atoms with van der Waals surface area (Å²) in [6.45, 7) is 9.89. The van der Waals surface area contributed by atoms with E-state index in [1.165, 1.54) is 29.5 Å². The molecule has 1 aromatic rings. The quantitative estimate of drug-likeness (QED) is 0.779. The van der Waals surface area contributed by atoms with Gasteiger partial charge in [-0.15, -0.1) is 6.58 Å². The van der Waals surface area contributed by atoms with E-state index in [1.54, 1.807) is 0 Å². The first-order valence-electron chi connectivity index (χ1n) is 7.34. The first kappa shape index (κ1) is 14.1. The molecule has 1 aliphatic rings. The third kappa shape index (κ3) is 3.60. The predicted molar refractivity (Wildman–Crippen MR) is 80.7 cm³/mol. The monoisotopic (exact) mass is 259 g/mol. The normalized spacial score (nSPS) is 17.9. The number of hydrogen-bond donors (Lipinski definition) is 1. The van der Waals surface area contributed by atoms with Crippen molar-refractivity contribution in [3.05, 3.63) is 41.5 Å². The lowest BCUT2D eigenvalue weighted by Gasteiger charge is -2.27. The number of hydrogen-bond acceptors (Lipinski definition) is 2. The van der Waals surface area contributed by atoms with Crippen molar-refractivity contribution in [3.8, 4) is 5.75 Å². The van der Waals surface area contributed by atoms with Gasteiger partial charge < -0.3 is 10.1 Å². The van der Waals surface area contributed by atoms with Gasteiger partial charge in [0.15, 0.2) is 0 Å². The van der Waals surface area contributed by atoms with Gasteiger partial charge in [0.1, 0.15) is 5.75 Å². The highest BCUT2D eigenvalue weighted by atomic mass is 16.5. The first-order valence-corrected chi connectivity index (χ1v) is 7.34. The van der Waals surface area contributed by atoms with Gasteiger partial charge in [0, 0.05) is 12.5 Å². The maximum absolute atomic E-state index is 5.95. The lowest BCUT2D eigenvalue weighted by atomic mass is 9.87. The standard InChI is InChI=1S/C17H25NO/c1-4-18-16-9-5-8-15-14(16)7-6-10-17(15)19-12-11-13(2)3/h6-7,10,16,18H,2,4-5,8-9,11-12H2,1,3H3. The molecule has 1 aromatic carbocycles. The second-order valence-corrected chi connectivity index (χ2v) is 5.38. The van der Waals surface area contributed by atoms with Crippen LogP contribution in [0, 0.1) is 0 Å². The molecular weight excluding hydrogens is 234 g/mol. The summed E-state index contributed by atoms with van der Waals surface area (Å²) >= 11 is 0. The molecule has 0 fully saturated rings. The average Bonchev–Trinajstić information content (AvgIpc) is 2.39. The van der Waals surface area contributed by atoms with Gasteiger partial charge in [-0.2, -0.15) is 0 Å². The molecule has 0 aromatic heterocycles. The number of fused-ring (bicyclic) bond motifs is 1. The highest BCUT2D eigenvalue weighted by molar-refractivity contribution is 5.43. The molecule has 0 aliphatic heterocycles. The van der Waals surface area contributed by atoms with Crippen molar-refractivity contribution in [2.75, 3.05) is 13.2 Å². The largest absolute Gasteiger partial charge is 0.493 e. The fourth-order valence-corrected chi connectivity index (χ4v) is 2.74. The van der Waals surface area contributed by atoms with E-state index in [0.717, 1.165) is 31.7 Å². The Bertz CT molecular complexity index is 439. The van der Waals surface area contributed by atoms with Crippen LogP contribution in [-0.4, -0.2) is 13.2 Å². The minimum atomic E-state index is 0.499. The summed E-state index contributed by atoms with van der Waals surface area (Å²) in [6, 6.07) is 6.96. The number of benzene rings is 1. The Hall–Kier alpha value is -1.28. The molecule has 104 valence electrons. The Morgan fingerprint density at radius 1 is 1.47 bits per heavy atom. The van der Waals surface area contributed by atoms with Gasteiger partial charge in [0.2, 0.25) is 0 Å². The summed E-state index contributed by atoms with van der Waals surface area (Å²) < 4.78 is 5.95. The molecule has 19 heavy (non-hydrogen) atoms. The number of ether oxygens (including phenoxy) is 1. The molecule has 0 saturated carbocycles. The van der Waals surface area contributed by atoms with E-state index in [2.05, 4.69) is 37.0 Å². The Labute approximate surface area is 116 Å². The van der Waals surface area contributed by atoms with Crippen LogP contribution >= 0.6 is 0 Å². The van der Waals surface area contributed by atoms with Crippen molar-refractivity contribution in [2.24, 2.45) is 0 Å². The van der Waals surface area contributed by atoms with Crippen LogP contribution < -0.4 is 10.1 Å². The molecule has 1 aliphatic carbocycles. The van der Waals surface area contributed by atoms with Gasteiger partial charge in [0.05, 0.1) is 6.61 Å². The van der Waals surface area contributed by atoms with Crippen molar-refractivity contribution < 1.29 is 4.74 Å². The Morgan fingerprint density at radius 2 is 2.32 bits per heavy atom. The topological polar surface area (TPSA) is 21.3 Å². The van der Waals surface area contributed by atoms with Crippen LogP contribution in [0.5, 0.6) is 5.75 Å². The van der Waals surface area contributed by atoms with Crippen LogP contribution in [0.1, 0.15) is 50.3 Å². The van der Waals surface area contributed by atoms with Gasteiger partial charge >= 0.3 is 0 Å². The average molecular weight is 259 g/mol. The fourth-order valence-electron chi connectivity index (χ4n) is 2.74. The highest BCUT2D eigenvalue weighted by Gasteiger charge is 2.21. The van der Waals surface area contributed by atoms with Crippen molar-refractivity contribution >= 4 is 0 Å². The zero-order valence-electron chi connectivity index (χ0n) is 12.2. The van der Waals surface area contributed by atoms with E-state index in [4.69, 9.17) is 4.74 Å². The summed E-state index contributed by atoms with van der Waals surface area (Å²) in [5, 5.41) is 3.57. The molecule has 1 unspecified atom stereocenters. The molecule has 0 spiro atoms. The van der Waals surface area contributed by atoms with Crippen molar-refractivity contribution in [3.63, 3.8) is 0 Å². The maximum atomic E-state index is 5.95. The van der Waals surface area contributed by atoms with E-state index in [0.29, 0.717) is 6.04 Å². The van der Waals surface area contributed by atoms with Crippen LogP contribution in [0.2, 0.25) is 0 Å². The van der Waals surface area contributed by atoms with Crippen LogP contribution in [0.4, 0.5) is 0 Å². The zero-order chi connectivity index (χ0) is 13.7. The van der Waals surface area contributed by atoms with Gasteiger partial charge in [0.25, 0.3) is 0 Å². The van der Waals surface area contributed by atoms with Crippen LogP contribution in [0.15, 0.2) is 30.4 Å². The lowest BCUT2D eigenvalue weighted by Crippen LogP contribution is -2.25. The lowest BCUT2D eigenvalue weighted by molar-refractivity contribution is 0.314. The van der Waals surface area contributed by atoms with Crippen LogP contribution in [-0.2, 0) is 6.42 Å². The SMILES string of the molecule is C=C(C)CCOc1cccc2c1CCCC2NCC. The molecule has 1 N–H and O–H groups in total. The molecule has 2 rings (SSSR count). The van der Waals surface area contributed by atoms with E-state index in [9.17, 15) is 0 Å². The molecule has 2 nitrogen and oxygen atoms in total. The second-order valence-electron chi connectivity index (χ2n) is 5.38. The second kappa shape index (κ2) is 6.76. The third-order valence-corrected chi connectivity index (χ3v) is 3.70. The van der Waals surface area contributed by atoms with E-state index in [-0.39, 0.29) is 0 Å². The molecule has 2 heteroatoms. The smallest absolute Gasteiger partial charge is 0.122 e. The number of rotatable bonds is 6. The zero-order valence-corrected chi connectivity index (χ0v) is 12.2. The van der Waals surface area contributed by atoms with Crippen LogP contribution in [0.25, 0.3) is 0 Å². The Kier molecular flexibility index (Phi) is 5.03. The van der Waals surface area contributed by atoms with Gasteiger partial charge in [-0.3, -0.25) is 0 Å². The third-order valence-electron chi connectivity index (χ3n) is 3.70. The summed E-state index contributed by atoms with van der Waals surface area (Å²) in [6.07, 6.45) is 4.54. The molecule has 0 heterocycles. The van der Waals surface area contributed by atoms with E-state index >= 15 is 0 Å². The van der Waals surface area contributed by atoms with Crippen molar-refractivity contribution in [2.45, 2.75) is 45.6 Å². The first-order chi connectivity index (χ1) is 9.22. The molecule has 0 saturated heterocycles. The molecule has 0 radical (unpaired) electrons. The molecule has 0 bridgehead atoms. The molecule has 1 atom stereocenters. The van der Waals surface area contributed by atoms with Gasteiger partial charge in [-0.25, -0.2) is 0 Å². The summed E-state index contributed by atoms with van der Waals surface area (Å²) in [4.78, 5) is 0. The summed E-state index contributed by atoms with van der Waals surface area (Å²) in [5.41, 5.74) is 4.01. The number of nitrogens with one attached hydrogen (secondary N) is 1. The minimum absolute atomic E-state index is 0.499. The van der Waals surface area contributed by atoms with E-state index in [1.807, 2.05) is 6.92 Å². The van der Waals surface area contributed by atoms with Gasteiger partial charge in [-0.1, -0.05) is 24.6 Å². The summed E-state index contributed by atoms with van der Waals surface area (Å²) in [5.74, 6) is 1.07. The highest BCUT2D eigenvalue weighted by Crippen LogP contribution is 2.35. The van der Waals surface area contributed by atoms with E-state index < -0.39 is 0 Å². The van der Waals surface area contributed by atoms with Crippen molar-refractivity contribution in [1.82, 2.24) is 5.32 Å².